The molecule has 1 nitrogen and oxygen atoms in total. The fourth-order valence-electron chi connectivity index (χ4n) is 6.09. The lowest BCUT2D eigenvalue weighted by Gasteiger charge is -2.33. The Morgan fingerprint density at radius 1 is 0.368 bits per heavy atom. The largest absolute Gasteiger partial charge is 0.356 e. The van der Waals surface area contributed by atoms with Crippen LogP contribution in [-0.2, 0) is 5.41 Å². The fraction of sp³-hybridized carbons (Fsp3) is 0.0270. The van der Waals surface area contributed by atoms with Crippen LogP contribution in [0.2, 0.25) is 0 Å². The minimum absolute atomic E-state index is 0.357. The molecule has 0 spiro atoms. The summed E-state index contributed by atoms with van der Waals surface area (Å²) in [6, 6.07) is 56.8. The average molecular weight is 486 g/mol. The van der Waals surface area contributed by atoms with E-state index in [0.717, 1.165) is 11.4 Å². The quantitative estimate of drug-likeness (QED) is 0.256. The summed E-state index contributed by atoms with van der Waals surface area (Å²) < 4.78 is 0. The first kappa shape index (κ1) is 22.3. The molecular formula is C37H27N. The third-order valence-electron chi connectivity index (χ3n) is 7.72. The molecule has 1 heteroatoms. The summed E-state index contributed by atoms with van der Waals surface area (Å²) in [5.41, 5.74) is 12.1. The van der Waals surface area contributed by atoms with Crippen molar-refractivity contribution in [2.45, 2.75) is 5.41 Å². The second-order valence-electron chi connectivity index (χ2n) is 9.86. The summed E-state index contributed by atoms with van der Waals surface area (Å²) in [6.07, 6.45) is 0. The van der Waals surface area contributed by atoms with Gasteiger partial charge in [-0.15, -0.1) is 0 Å². The predicted octanol–water partition coefficient (Wildman–Crippen LogP) is 9.46. The van der Waals surface area contributed by atoms with Gasteiger partial charge in [0.2, 0.25) is 0 Å². The minimum Gasteiger partial charge on any atom is -0.356 e. The topological polar surface area (TPSA) is 12.0 Å². The highest BCUT2D eigenvalue weighted by molar-refractivity contribution is 5.89. The molecule has 0 aromatic heterocycles. The molecule has 1 aliphatic rings. The Morgan fingerprint density at radius 2 is 0.921 bits per heavy atom. The van der Waals surface area contributed by atoms with Gasteiger partial charge in [0.15, 0.2) is 0 Å². The van der Waals surface area contributed by atoms with Crippen LogP contribution in [0.1, 0.15) is 22.3 Å². The highest BCUT2D eigenvalue weighted by Gasteiger charge is 2.45. The SMILES string of the molecule is c1ccc(Nc2cccc(-c3ccc4c(c3)-c3ccccc3C4(c3ccccc3)c3ccccc3)c2)cc1. The monoisotopic (exact) mass is 485 g/mol. The number of para-hydroxylation sites is 1. The molecule has 0 radical (unpaired) electrons. The van der Waals surface area contributed by atoms with Gasteiger partial charge in [-0.3, -0.25) is 0 Å². The summed E-state index contributed by atoms with van der Waals surface area (Å²) in [7, 11) is 0. The number of hydrogen-bond acceptors (Lipinski definition) is 1. The Labute approximate surface area is 224 Å². The molecule has 1 N–H and O–H groups in total. The molecule has 0 heterocycles. The van der Waals surface area contributed by atoms with Crippen molar-refractivity contribution in [2.24, 2.45) is 0 Å². The molecule has 0 fully saturated rings. The minimum atomic E-state index is -0.357. The smallest absolute Gasteiger partial charge is 0.0713 e. The van der Waals surface area contributed by atoms with Gasteiger partial charge in [0, 0.05) is 11.4 Å². The van der Waals surface area contributed by atoms with Gasteiger partial charge in [0.05, 0.1) is 5.41 Å². The average Bonchev–Trinajstić information content (AvgIpc) is 3.29. The third kappa shape index (κ3) is 3.55. The molecule has 0 saturated heterocycles. The molecule has 7 rings (SSSR count). The first-order valence-corrected chi connectivity index (χ1v) is 13.1. The van der Waals surface area contributed by atoms with Gasteiger partial charge in [-0.1, -0.05) is 127 Å². The van der Waals surface area contributed by atoms with E-state index < -0.39 is 0 Å². The van der Waals surface area contributed by atoms with Crippen molar-refractivity contribution in [3.8, 4) is 22.3 Å². The second-order valence-corrected chi connectivity index (χ2v) is 9.86. The zero-order valence-electron chi connectivity index (χ0n) is 21.0. The van der Waals surface area contributed by atoms with Crippen molar-refractivity contribution < 1.29 is 0 Å². The molecule has 1 aliphatic carbocycles. The predicted molar refractivity (Wildman–Crippen MR) is 159 cm³/mol. The van der Waals surface area contributed by atoms with E-state index in [0.29, 0.717) is 0 Å². The molecule has 0 atom stereocenters. The number of nitrogens with one attached hydrogen (secondary N) is 1. The first-order valence-electron chi connectivity index (χ1n) is 13.1. The van der Waals surface area contributed by atoms with Crippen molar-refractivity contribution in [3.63, 3.8) is 0 Å². The van der Waals surface area contributed by atoms with Crippen molar-refractivity contribution in [3.05, 3.63) is 180 Å². The molecule has 0 aliphatic heterocycles. The lowest BCUT2D eigenvalue weighted by Crippen LogP contribution is -2.28. The van der Waals surface area contributed by atoms with Gasteiger partial charge in [0.1, 0.15) is 0 Å². The Kier molecular flexibility index (Phi) is 5.41. The summed E-state index contributed by atoms with van der Waals surface area (Å²) >= 11 is 0. The normalized spacial score (nSPS) is 12.9. The van der Waals surface area contributed by atoms with E-state index in [9.17, 15) is 0 Å². The van der Waals surface area contributed by atoms with E-state index in [4.69, 9.17) is 0 Å². The molecule has 0 unspecified atom stereocenters. The van der Waals surface area contributed by atoms with E-state index >= 15 is 0 Å². The highest BCUT2D eigenvalue weighted by Crippen LogP contribution is 2.56. The highest BCUT2D eigenvalue weighted by atomic mass is 14.9. The summed E-state index contributed by atoms with van der Waals surface area (Å²) in [5, 5.41) is 3.54. The maximum absolute atomic E-state index is 3.54. The van der Waals surface area contributed by atoms with E-state index in [2.05, 4.69) is 157 Å². The summed E-state index contributed by atoms with van der Waals surface area (Å²) in [5.74, 6) is 0. The molecule has 6 aromatic carbocycles. The molecule has 0 saturated carbocycles. The lowest BCUT2D eigenvalue weighted by atomic mass is 9.67. The van der Waals surface area contributed by atoms with Gasteiger partial charge in [-0.05, 0) is 74.8 Å². The van der Waals surface area contributed by atoms with E-state index in [1.807, 2.05) is 6.07 Å². The molecule has 180 valence electrons. The van der Waals surface area contributed by atoms with Gasteiger partial charge in [-0.25, -0.2) is 0 Å². The number of hydrogen-bond donors (Lipinski definition) is 1. The zero-order valence-corrected chi connectivity index (χ0v) is 21.0. The van der Waals surface area contributed by atoms with Gasteiger partial charge < -0.3 is 5.32 Å². The van der Waals surface area contributed by atoms with Crippen LogP contribution in [0.15, 0.2) is 158 Å². The first-order chi connectivity index (χ1) is 18.8. The van der Waals surface area contributed by atoms with Gasteiger partial charge in [-0.2, -0.15) is 0 Å². The van der Waals surface area contributed by atoms with E-state index in [1.54, 1.807) is 0 Å². The van der Waals surface area contributed by atoms with Crippen LogP contribution in [0.25, 0.3) is 22.3 Å². The number of benzene rings is 6. The van der Waals surface area contributed by atoms with Crippen molar-refractivity contribution in [1.82, 2.24) is 0 Å². The van der Waals surface area contributed by atoms with Crippen LogP contribution < -0.4 is 5.32 Å². The van der Waals surface area contributed by atoms with Crippen molar-refractivity contribution >= 4 is 11.4 Å². The zero-order chi connectivity index (χ0) is 25.4. The number of fused-ring (bicyclic) bond motifs is 3. The van der Waals surface area contributed by atoms with Crippen LogP contribution in [0.4, 0.5) is 11.4 Å². The Hall–Kier alpha value is -4.88. The molecular weight excluding hydrogens is 458 g/mol. The Bertz CT molecular complexity index is 1680. The molecule has 0 bridgehead atoms. The van der Waals surface area contributed by atoms with Crippen LogP contribution in [-0.4, -0.2) is 0 Å². The van der Waals surface area contributed by atoms with Gasteiger partial charge in [0.25, 0.3) is 0 Å². The van der Waals surface area contributed by atoms with Crippen molar-refractivity contribution in [1.29, 1.82) is 0 Å². The van der Waals surface area contributed by atoms with E-state index in [-0.39, 0.29) is 5.41 Å². The number of rotatable bonds is 5. The van der Waals surface area contributed by atoms with Crippen molar-refractivity contribution in [2.75, 3.05) is 5.32 Å². The third-order valence-corrected chi connectivity index (χ3v) is 7.72. The lowest BCUT2D eigenvalue weighted by molar-refractivity contribution is 0.768. The molecule has 38 heavy (non-hydrogen) atoms. The summed E-state index contributed by atoms with van der Waals surface area (Å²) in [4.78, 5) is 0. The number of anilines is 2. The van der Waals surface area contributed by atoms with Crippen LogP contribution >= 0.6 is 0 Å². The maximum atomic E-state index is 3.54. The van der Waals surface area contributed by atoms with Crippen LogP contribution in [0.5, 0.6) is 0 Å². The van der Waals surface area contributed by atoms with Gasteiger partial charge >= 0.3 is 0 Å². The van der Waals surface area contributed by atoms with E-state index in [1.165, 1.54) is 44.5 Å². The van der Waals surface area contributed by atoms with Crippen LogP contribution in [0, 0.1) is 0 Å². The standard InChI is InChI=1S/C37H27N/c1-4-14-29(15-5-1)37(30-16-6-2-7-17-30)35-22-11-10-21-33(35)34-26-28(23-24-36(34)37)27-13-12-20-32(25-27)38-31-18-8-3-9-19-31/h1-26,38H. The Morgan fingerprint density at radius 3 is 1.63 bits per heavy atom. The summed E-state index contributed by atoms with van der Waals surface area (Å²) in [6.45, 7) is 0. The van der Waals surface area contributed by atoms with Crippen LogP contribution in [0.3, 0.4) is 0 Å². The maximum Gasteiger partial charge on any atom is 0.0713 e. The second kappa shape index (κ2) is 9.21. The Balaban J connectivity index is 1.41. The molecule has 6 aromatic rings. The fourth-order valence-corrected chi connectivity index (χ4v) is 6.09. The molecule has 0 amide bonds.